The second-order valence-electron chi connectivity index (χ2n) is 10.6. The van der Waals surface area contributed by atoms with Crippen molar-refractivity contribution in [2.75, 3.05) is 4.90 Å². The van der Waals surface area contributed by atoms with Gasteiger partial charge in [-0.1, -0.05) is 0 Å². The fraction of sp³-hybridized carbons (Fsp3) is 0.762. The molecule has 29 heavy (non-hydrogen) atoms. The second kappa shape index (κ2) is 7.63. The molecule has 1 aromatic heterocycles. The molecule has 1 saturated carbocycles. The van der Waals surface area contributed by atoms with Gasteiger partial charge in [0.25, 0.3) is 0 Å². The van der Waals surface area contributed by atoms with Gasteiger partial charge in [0.1, 0.15) is 17.0 Å². The van der Waals surface area contributed by atoms with Gasteiger partial charge in [-0.05, 0) is 75.2 Å². The molecule has 1 aliphatic carbocycles. The maximum Gasteiger partial charge on any atom is 0.425 e. The predicted octanol–water partition coefficient (Wildman–Crippen LogP) is 4.55. The molecule has 0 spiro atoms. The zero-order chi connectivity index (χ0) is 22.4. The first-order valence-corrected chi connectivity index (χ1v) is 10.0. The quantitative estimate of drug-likeness (QED) is 0.770. The summed E-state index contributed by atoms with van der Waals surface area (Å²) in [6, 6.07) is 1.72. The lowest BCUT2D eigenvalue weighted by atomic mass is 9.80. The minimum Gasteiger partial charge on any atom is -0.443 e. The van der Waals surface area contributed by atoms with Crippen molar-refractivity contribution >= 4 is 18.0 Å². The van der Waals surface area contributed by atoms with Gasteiger partial charge in [0.15, 0.2) is 0 Å². The van der Waals surface area contributed by atoms with Gasteiger partial charge in [0, 0.05) is 12.0 Å². The van der Waals surface area contributed by atoms with Crippen LogP contribution in [0.4, 0.5) is 15.4 Å². The van der Waals surface area contributed by atoms with Crippen LogP contribution in [0.25, 0.3) is 0 Å². The Morgan fingerprint density at radius 1 is 1.00 bits per heavy atom. The molecule has 1 aliphatic rings. The van der Waals surface area contributed by atoms with E-state index >= 15 is 0 Å². The molecule has 1 N–H and O–H groups in total. The summed E-state index contributed by atoms with van der Waals surface area (Å²) in [5.41, 5.74) is -1.34. The summed E-state index contributed by atoms with van der Waals surface area (Å²) >= 11 is 0. The molecule has 1 aromatic rings. The Hall–Kier alpha value is -2.09. The van der Waals surface area contributed by atoms with Crippen molar-refractivity contribution in [1.82, 2.24) is 9.78 Å². The fourth-order valence-corrected chi connectivity index (χ4v) is 2.95. The molecule has 0 unspecified atom stereocenters. The summed E-state index contributed by atoms with van der Waals surface area (Å²) in [6.45, 7) is 16.2. The van der Waals surface area contributed by atoms with Crippen LogP contribution in [0.3, 0.4) is 0 Å². The predicted molar refractivity (Wildman–Crippen MR) is 110 cm³/mol. The van der Waals surface area contributed by atoms with Gasteiger partial charge in [-0.2, -0.15) is 10.00 Å². The van der Waals surface area contributed by atoms with E-state index in [1.807, 2.05) is 20.8 Å². The Morgan fingerprint density at radius 3 is 1.79 bits per heavy atom. The normalized spacial score (nSPS) is 20.1. The number of amides is 2. The first-order valence-electron chi connectivity index (χ1n) is 10.0. The molecule has 1 fully saturated rings. The van der Waals surface area contributed by atoms with Gasteiger partial charge in [-0.25, -0.2) is 14.3 Å². The number of anilines is 1. The molecule has 2 amide bonds. The number of carbonyl (C=O) groups excluding carboxylic acids is 2. The molecule has 0 aliphatic heterocycles. The number of imide groups is 1. The monoisotopic (exact) mass is 409 g/mol. The van der Waals surface area contributed by atoms with Crippen LogP contribution in [0.2, 0.25) is 0 Å². The van der Waals surface area contributed by atoms with Crippen LogP contribution in [0.1, 0.15) is 86.8 Å². The molecule has 0 aromatic carbocycles. The smallest absolute Gasteiger partial charge is 0.425 e. The van der Waals surface area contributed by atoms with E-state index < -0.39 is 28.9 Å². The lowest BCUT2D eigenvalue weighted by Crippen LogP contribution is -2.45. The minimum atomic E-state index is -0.822. The van der Waals surface area contributed by atoms with Crippen LogP contribution in [0.5, 0.6) is 0 Å². The number of aliphatic hydroxyl groups excluding tert-OH is 1. The van der Waals surface area contributed by atoms with E-state index in [-0.39, 0.29) is 17.8 Å². The molecule has 164 valence electrons. The van der Waals surface area contributed by atoms with E-state index in [2.05, 4.69) is 5.10 Å². The van der Waals surface area contributed by atoms with Crippen molar-refractivity contribution in [2.45, 2.75) is 104 Å². The van der Waals surface area contributed by atoms with Crippen LogP contribution < -0.4 is 4.90 Å². The number of carbonyl (C=O) groups is 2. The van der Waals surface area contributed by atoms with Gasteiger partial charge in [0.2, 0.25) is 0 Å². The van der Waals surface area contributed by atoms with Crippen LogP contribution in [-0.4, -0.2) is 44.4 Å². The van der Waals surface area contributed by atoms with Crippen molar-refractivity contribution < 1.29 is 24.2 Å². The van der Waals surface area contributed by atoms with Gasteiger partial charge in [-0.15, -0.1) is 0 Å². The third-order valence-corrected chi connectivity index (χ3v) is 4.26. The number of hydrogen-bond donors (Lipinski definition) is 1. The van der Waals surface area contributed by atoms with Crippen molar-refractivity contribution in [3.05, 3.63) is 11.8 Å². The molecule has 1 heterocycles. The highest BCUT2D eigenvalue weighted by Crippen LogP contribution is 2.39. The molecular weight excluding hydrogens is 374 g/mol. The largest absolute Gasteiger partial charge is 0.443 e. The molecule has 0 saturated heterocycles. The maximum atomic E-state index is 13.0. The number of nitrogens with zero attached hydrogens (tertiary/aromatic N) is 3. The van der Waals surface area contributed by atoms with E-state index in [1.165, 1.54) is 0 Å². The third-order valence-electron chi connectivity index (χ3n) is 4.26. The summed E-state index contributed by atoms with van der Waals surface area (Å²) in [5, 5.41) is 14.3. The SMILES string of the molecule is CC(C)(C)OC(=O)N(C(=O)OC(C)(C)C)c1cc([C@H]2C[C@@H](O)C2)nn1C(C)(C)C. The second-order valence-corrected chi connectivity index (χ2v) is 10.6. The highest BCUT2D eigenvalue weighted by molar-refractivity contribution is 6.09. The topological polar surface area (TPSA) is 93.9 Å². The van der Waals surface area contributed by atoms with Crippen molar-refractivity contribution in [2.24, 2.45) is 0 Å². The zero-order valence-electron chi connectivity index (χ0n) is 19.1. The minimum absolute atomic E-state index is 0.0893. The van der Waals surface area contributed by atoms with E-state index in [0.29, 0.717) is 12.8 Å². The highest BCUT2D eigenvalue weighted by Gasteiger charge is 2.39. The van der Waals surface area contributed by atoms with Crippen LogP contribution >= 0.6 is 0 Å². The Balaban J connectivity index is 2.53. The molecular formula is C21H35N3O5. The van der Waals surface area contributed by atoms with E-state index in [1.54, 1.807) is 52.3 Å². The Labute approximate surface area is 173 Å². The van der Waals surface area contributed by atoms with E-state index in [9.17, 15) is 14.7 Å². The molecule has 8 nitrogen and oxygen atoms in total. The summed E-state index contributed by atoms with van der Waals surface area (Å²) in [5.74, 6) is 0.379. The zero-order valence-corrected chi connectivity index (χ0v) is 19.1. The summed E-state index contributed by atoms with van der Waals surface area (Å²) < 4.78 is 12.6. The summed E-state index contributed by atoms with van der Waals surface area (Å²) in [4.78, 5) is 26.9. The van der Waals surface area contributed by atoms with Crippen molar-refractivity contribution in [1.29, 1.82) is 0 Å². The first-order chi connectivity index (χ1) is 13.0. The van der Waals surface area contributed by atoms with Crippen molar-refractivity contribution in [3.63, 3.8) is 0 Å². The van der Waals surface area contributed by atoms with E-state index in [4.69, 9.17) is 9.47 Å². The average Bonchev–Trinajstić information content (AvgIpc) is 2.84. The van der Waals surface area contributed by atoms with Crippen LogP contribution in [-0.2, 0) is 15.0 Å². The number of aromatic nitrogens is 2. The van der Waals surface area contributed by atoms with Gasteiger partial charge in [0.05, 0.1) is 17.3 Å². The Morgan fingerprint density at radius 2 is 1.45 bits per heavy atom. The number of hydrogen-bond acceptors (Lipinski definition) is 6. The van der Waals surface area contributed by atoms with E-state index in [0.717, 1.165) is 10.6 Å². The number of aliphatic hydroxyl groups is 1. The molecule has 2 rings (SSSR count). The average molecular weight is 410 g/mol. The highest BCUT2D eigenvalue weighted by atomic mass is 16.6. The summed E-state index contributed by atoms with van der Waals surface area (Å²) in [7, 11) is 0. The molecule has 0 bridgehead atoms. The van der Waals surface area contributed by atoms with Crippen LogP contribution in [0, 0.1) is 0 Å². The molecule has 0 radical (unpaired) electrons. The van der Waals surface area contributed by atoms with Gasteiger partial charge in [-0.3, -0.25) is 0 Å². The maximum absolute atomic E-state index is 13.0. The number of ether oxygens (including phenoxy) is 2. The lowest BCUT2D eigenvalue weighted by Gasteiger charge is -2.31. The Bertz CT molecular complexity index is 731. The fourth-order valence-electron chi connectivity index (χ4n) is 2.95. The molecule has 8 heteroatoms. The third kappa shape index (κ3) is 5.95. The standard InChI is InChI=1S/C21H35N3O5/c1-19(2,3)24-16(12-15(22-24)13-10-14(25)11-13)23(17(26)28-20(4,5)6)18(27)29-21(7,8)9/h12-14,25H,10-11H2,1-9H3/t13-,14+. The Kier molecular flexibility index (Phi) is 6.10. The van der Waals surface area contributed by atoms with Crippen LogP contribution in [0.15, 0.2) is 6.07 Å². The first kappa shape index (κ1) is 23.2. The van der Waals surface area contributed by atoms with Gasteiger partial charge >= 0.3 is 12.2 Å². The molecule has 0 atom stereocenters. The lowest BCUT2D eigenvalue weighted by molar-refractivity contribution is 0.0425. The van der Waals surface area contributed by atoms with Crippen molar-refractivity contribution in [3.8, 4) is 0 Å². The number of rotatable bonds is 2. The summed E-state index contributed by atoms with van der Waals surface area (Å²) in [6.07, 6.45) is -0.760. The van der Waals surface area contributed by atoms with Gasteiger partial charge < -0.3 is 14.6 Å².